The number of fused-ring (bicyclic) bond motifs is 1. The van der Waals surface area contributed by atoms with Crippen LogP contribution in [0.25, 0.3) is 0 Å². The van der Waals surface area contributed by atoms with Gasteiger partial charge in [-0.15, -0.1) is 0 Å². The minimum absolute atomic E-state index is 0.478. The molecular formula is C10H14O. The number of carbonyl (C=O) groups is 1. The molecule has 0 radical (unpaired) electrons. The zero-order valence-corrected chi connectivity index (χ0v) is 6.75. The average molecular weight is 150 g/mol. The molecule has 0 aromatic heterocycles. The van der Waals surface area contributed by atoms with Crippen LogP contribution >= 0.6 is 0 Å². The van der Waals surface area contributed by atoms with Gasteiger partial charge in [-0.25, -0.2) is 0 Å². The second kappa shape index (κ2) is 2.80. The van der Waals surface area contributed by atoms with Crippen molar-refractivity contribution in [3.05, 3.63) is 12.2 Å². The van der Waals surface area contributed by atoms with Gasteiger partial charge in [-0.3, -0.25) is 4.79 Å². The third-order valence-corrected chi connectivity index (χ3v) is 2.89. The van der Waals surface area contributed by atoms with Crippen molar-refractivity contribution < 1.29 is 4.79 Å². The van der Waals surface area contributed by atoms with Crippen molar-refractivity contribution in [1.82, 2.24) is 0 Å². The fraction of sp³-hybridized carbons (Fsp3) is 0.700. The Kier molecular flexibility index (Phi) is 1.80. The molecule has 0 aromatic rings. The number of Topliss-reactive ketones (excluding diaryl/α,β-unsaturated/α-hetero) is 1. The van der Waals surface area contributed by atoms with Crippen LogP contribution in [-0.2, 0) is 4.79 Å². The molecule has 1 fully saturated rings. The molecule has 1 saturated carbocycles. The fourth-order valence-corrected chi connectivity index (χ4v) is 2.27. The molecule has 0 bridgehead atoms. The largest absolute Gasteiger partial charge is 0.300 e. The smallest absolute Gasteiger partial charge is 0.133 e. The van der Waals surface area contributed by atoms with Crippen molar-refractivity contribution in [1.29, 1.82) is 0 Å². The van der Waals surface area contributed by atoms with Crippen molar-refractivity contribution >= 4 is 5.78 Å². The van der Waals surface area contributed by atoms with Gasteiger partial charge in [-0.2, -0.15) is 0 Å². The maximum absolute atomic E-state index is 11.1. The van der Waals surface area contributed by atoms with Crippen molar-refractivity contribution in [2.24, 2.45) is 11.8 Å². The second-order valence-electron chi connectivity index (χ2n) is 3.73. The standard InChI is InChI=1S/C10H14O/c11-10-6-8-4-2-1-3-5-9(8)7-10/h2,4,8-9H,1,3,5-7H2/t8-,9+/m0/s1. The van der Waals surface area contributed by atoms with Gasteiger partial charge in [0, 0.05) is 12.8 Å². The Bertz CT molecular complexity index is 193. The van der Waals surface area contributed by atoms with Gasteiger partial charge in [0.2, 0.25) is 0 Å². The van der Waals surface area contributed by atoms with Crippen LogP contribution < -0.4 is 0 Å². The maximum atomic E-state index is 11.1. The molecule has 2 aliphatic carbocycles. The van der Waals surface area contributed by atoms with Crippen LogP contribution in [-0.4, -0.2) is 5.78 Å². The van der Waals surface area contributed by atoms with Gasteiger partial charge in [-0.1, -0.05) is 12.2 Å². The predicted octanol–water partition coefficient (Wildman–Crippen LogP) is 2.32. The van der Waals surface area contributed by atoms with Gasteiger partial charge in [-0.05, 0) is 31.1 Å². The number of carbonyl (C=O) groups excluding carboxylic acids is 1. The quantitative estimate of drug-likeness (QED) is 0.484. The van der Waals surface area contributed by atoms with Crippen LogP contribution in [0.15, 0.2) is 12.2 Å². The highest BCUT2D eigenvalue weighted by molar-refractivity contribution is 5.81. The lowest BCUT2D eigenvalue weighted by Crippen LogP contribution is -2.02. The first kappa shape index (κ1) is 7.08. The van der Waals surface area contributed by atoms with E-state index in [0.717, 1.165) is 12.8 Å². The van der Waals surface area contributed by atoms with E-state index in [9.17, 15) is 4.79 Å². The zero-order chi connectivity index (χ0) is 7.68. The van der Waals surface area contributed by atoms with E-state index in [1.165, 1.54) is 19.3 Å². The molecule has 11 heavy (non-hydrogen) atoms. The van der Waals surface area contributed by atoms with E-state index in [4.69, 9.17) is 0 Å². The Labute approximate surface area is 67.5 Å². The molecule has 0 N–H and O–H groups in total. The first-order valence-electron chi connectivity index (χ1n) is 4.54. The highest BCUT2D eigenvalue weighted by Gasteiger charge is 2.31. The lowest BCUT2D eigenvalue weighted by atomic mass is 9.93. The van der Waals surface area contributed by atoms with Gasteiger partial charge in [0.25, 0.3) is 0 Å². The summed E-state index contributed by atoms with van der Waals surface area (Å²) in [7, 11) is 0. The number of allylic oxidation sites excluding steroid dienone is 2. The number of ketones is 1. The maximum Gasteiger partial charge on any atom is 0.133 e. The topological polar surface area (TPSA) is 17.1 Å². The Morgan fingerprint density at radius 3 is 3.18 bits per heavy atom. The summed E-state index contributed by atoms with van der Waals surface area (Å²) in [6.07, 6.45) is 9.97. The van der Waals surface area contributed by atoms with Crippen LogP contribution in [0.1, 0.15) is 32.1 Å². The third kappa shape index (κ3) is 1.37. The molecule has 0 aliphatic heterocycles. The van der Waals surface area contributed by atoms with Crippen molar-refractivity contribution in [2.45, 2.75) is 32.1 Å². The van der Waals surface area contributed by atoms with Gasteiger partial charge in [0.05, 0.1) is 0 Å². The molecule has 0 unspecified atom stereocenters. The monoisotopic (exact) mass is 150 g/mol. The minimum atomic E-state index is 0.478. The summed E-state index contributed by atoms with van der Waals surface area (Å²) in [5.41, 5.74) is 0. The van der Waals surface area contributed by atoms with E-state index in [1.54, 1.807) is 0 Å². The van der Waals surface area contributed by atoms with Gasteiger partial charge < -0.3 is 0 Å². The van der Waals surface area contributed by atoms with Crippen molar-refractivity contribution in [3.8, 4) is 0 Å². The molecule has 1 heteroatoms. The van der Waals surface area contributed by atoms with Gasteiger partial charge >= 0.3 is 0 Å². The van der Waals surface area contributed by atoms with Crippen molar-refractivity contribution in [3.63, 3.8) is 0 Å². The molecular weight excluding hydrogens is 136 g/mol. The molecule has 0 heterocycles. The van der Waals surface area contributed by atoms with Crippen LogP contribution in [0.4, 0.5) is 0 Å². The zero-order valence-electron chi connectivity index (χ0n) is 6.75. The summed E-state index contributed by atoms with van der Waals surface area (Å²) in [6.45, 7) is 0. The molecule has 0 amide bonds. The Morgan fingerprint density at radius 1 is 1.36 bits per heavy atom. The van der Waals surface area contributed by atoms with Crippen LogP contribution in [0.2, 0.25) is 0 Å². The summed E-state index contributed by atoms with van der Waals surface area (Å²) in [5.74, 6) is 1.78. The molecule has 0 saturated heterocycles. The Balaban J connectivity index is 2.11. The summed E-state index contributed by atoms with van der Waals surface area (Å²) >= 11 is 0. The molecule has 0 aromatic carbocycles. The van der Waals surface area contributed by atoms with Crippen LogP contribution in [0.3, 0.4) is 0 Å². The number of rotatable bonds is 0. The van der Waals surface area contributed by atoms with Crippen molar-refractivity contribution in [2.75, 3.05) is 0 Å². The normalized spacial score (nSPS) is 36.9. The molecule has 2 atom stereocenters. The van der Waals surface area contributed by atoms with Crippen LogP contribution in [0, 0.1) is 11.8 Å². The Hall–Kier alpha value is -0.590. The van der Waals surface area contributed by atoms with E-state index >= 15 is 0 Å². The first-order valence-corrected chi connectivity index (χ1v) is 4.54. The summed E-state index contributed by atoms with van der Waals surface area (Å²) in [5, 5.41) is 0. The van der Waals surface area contributed by atoms with E-state index in [-0.39, 0.29) is 0 Å². The minimum Gasteiger partial charge on any atom is -0.300 e. The van der Waals surface area contributed by atoms with Gasteiger partial charge in [0.15, 0.2) is 0 Å². The highest BCUT2D eigenvalue weighted by atomic mass is 16.1. The van der Waals surface area contributed by atoms with E-state index in [2.05, 4.69) is 12.2 Å². The van der Waals surface area contributed by atoms with E-state index in [0.29, 0.717) is 17.6 Å². The van der Waals surface area contributed by atoms with E-state index < -0.39 is 0 Å². The summed E-state index contributed by atoms with van der Waals surface area (Å²) in [6, 6.07) is 0. The second-order valence-corrected chi connectivity index (χ2v) is 3.73. The number of hydrogen-bond acceptors (Lipinski definition) is 1. The third-order valence-electron chi connectivity index (χ3n) is 2.89. The summed E-state index contributed by atoms with van der Waals surface area (Å²) < 4.78 is 0. The highest BCUT2D eigenvalue weighted by Crippen LogP contribution is 2.35. The fourth-order valence-electron chi connectivity index (χ4n) is 2.27. The summed E-state index contributed by atoms with van der Waals surface area (Å²) in [4.78, 5) is 11.1. The van der Waals surface area contributed by atoms with E-state index in [1.807, 2.05) is 0 Å². The average Bonchev–Trinajstić information content (AvgIpc) is 2.17. The van der Waals surface area contributed by atoms with Gasteiger partial charge in [0.1, 0.15) is 5.78 Å². The molecule has 1 nitrogen and oxygen atoms in total. The Morgan fingerprint density at radius 2 is 2.27 bits per heavy atom. The first-order chi connectivity index (χ1) is 5.36. The molecule has 2 aliphatic rings. The molecule has 60 valence electrons. The lowest BCUT2D eigenvalue weighted by Gasteiger charge is -2.10. The number of hydrogen-bond donors (Lipinski definition) is 0. The SMILES string of the molecule is O=C1C[C@H]2CCCC=C[C@H]2C1. The lowest BCUT2D eigenvalue weighted by molar-refractivity contribution is -0.117. The molecule has 2 rings (SSSR count). The molecule has 0 spiro atoms. The van der Waals surface area contributed by atoms with Crippen LogP contribution in [0.5, 0.6) is 0 Å². The predicted molar refractivity (Wildman–Crippen MR) is 44.2 cm³/mol.